The Kier molecular flexibility index (Phi) is 4.33. The Bertz CT molecular complexity index is 403. The van der Waals surface area contributed by atoms with Crippen molar-refractivity contribution in [3.05, 3.63) is 35.4 Å². The van der Waals surface area contributed by atoms with Gasteiger partial charge >= 0.3 is 0 Å². The highest BCUT2D eigenvalue weighted by atomic mass is 16.3. The number of rotatable bonds is 4. The van der Waals surface area contributed by atoms with Gasteiger partial charge in [0.2, 0.25) is 5.91 Å². The van der Waals surface area contributed by atoms with Crippen molar-refractivity contribution < 1.29 is 9.90 Å². The number of carbonyl (C=O) groups is 1. The van der Waals surface area contributed by atoms with Crippen LogP contribution in [0.3, 0.4) is 0 Å². The van der Waals surface area contributed by atoms with Crippen molar-refractivity contribution in [1.29, 1.82) is 0 Å². The number of hydrogen-bond donors (Lipinski definition) is 2. The number of benzene rings is 1. The SMILES string of the molecule is NCc1ccc(CC(=O)N2CCC[C@H]2CO)cc1. The number of carbonyl (C=O) groups excluding carboxylic acids is 1. The lowest BCUT2D eigenvalue weighted by Gasteiger charge is -2.23. The van der Waals surface area contributed by atoms with Crippen molar-refractivity contribution >= 4 is 5.91 Å². The van der Waals surface area contributed by atoms with E-state index in [4.69, 9.17) is 5.73 Å². The van der Waals surface area contributed by atoms with E-state index >= 15 is 0 Å². The first-order valence-electron chi connectivity index (χ1n) is 6.43. The number of amides is 1. The molecule has 0 aliphatic carbocycles. The predicted octanol–water partition coefficient (Wildman–Crippen LogP) is 0.671. The van der Waals surface area contributed by atoms with Crippen molar-refractivity contribution in [1.82, 2.24) is 4.90 Å². The number of likely N-dealkylation sites (tertiary alicyclic amines) is 1. The van der Waals surface area contributed by atoms with Crippen LogP contribution < -0.4 is 5.73 Å². The summed E-state index contributed by atoms with van der Waals surface area (Å²) < 4.78 is 0. The number of nitrogens with two attached hydrogens (primary N) is 1. The zero-order valence-corrected chi connectivity index (χ0v) is 10.5. The monoisotopic (exact) mass is 248 g/mol. The maximum absolute atomic E-state index is 12.1. The summed E-state index contributed by atoms with van der Waals surface area (Å²) in [6.45, 7) is 1.36. The molecule has 0 aromatic heterocycles. The van der Waals surface area contributed by atoms with E-state index in [1.54, 1.807) is 4.90 Å². The minimum atomic E-state index is 0.0146. The summed E-state index contributed by atoms with van der Waals surface area (Å²) in [6.07, 6.45) is 2.30. The second-order valence-corrected chi connectivity index (χ2v) is 4.76. The molecule has 1 atom stereocenters. The summed E-state index contributed by atoms with van der Waals surface area (Å²) in [6, 6.07) is 7.82. The lowest BCUT2D eigenvalue weighted by atomic mass is 10.1. The molecule has 1 saturated heterocycles. The van der Waals surface area contributed by atoms with Gasteiger partial charge in [0.1, 0.15) is 0 Å². The predicted molar refractivity (Wildman–Crippen MR) is 69.9 cm³/mol. The first kappa shape index (κ1) is 13.1. The van der Waals surface area contributed by atoms with Crippen molar-refractivity contribution in [3.63, 3.8) is 0 Å². The largest absolute Gasteiger partial charge is 0.394 e. The molecule has 1 amide bonds. The summed E-state index contributed by atoms with van der Waals surface area (Å²) in [4.78, 5) is 13.9. The van der Waals surface area contributed by atoms with Gasteiger partial charge in [-0.3, -0.25) is 4.79 Å². The third-order valence-corrected chi connectivity index (χ3v) is 3.52. The van der Waals surface area contributed by atoms with E-state index in [1.807, 2.05) is 24.3 Å². The Morgan fingerprint density at radius 1 is 1.33 bits per heavy atom. The van der Waals surface area contributed by atoms with Gasteiger partial charge in [0.15, 0.2) is 0 Å². The van der Waals surface area contributed by atoms with E-state index < -0.39 is 0 Å². The molecule has 1 aromatic carbocycles. The molecule has 98 valence electrons. The first-order valence-corrected chi connectivity index (χ1v) is 6.43. The van der Waals surface area contributed by atoms with Crippen LogP contribution in [0.4, 0.5) is 0 Å². The highest BCUT2D eigenvalue weighted by Crippen LogP contribution is 2.18. The van der Waals surface area contributed by atoms with E-state index in [1.165, 1.54) is 0 Å². The van der Waals surface area contributed by atoms with Crippen LogP contribution in [0.1, 0.15) is 24.0 Å². The Morgan fingerprint density at radius 3 is 2.61 bits per heavy atom. The Morgan fingerprint density at radius 2 is 2.00 bits per heavy atom. The fourth-order valence-electron chi connectivity index (χ4n) is 2.42. The molecule has 2 rings (SSSR count). The van der Waals surface area contributed by atoms with Gasteiger partial charge in [-0.25, -0.2) is 0 Å². The van der Waals surface area contributed by atoms with Crippen LogP contribution in [0.2, 0.25) is 0 Å². The van der Waals surface area contributed by atoms with E-state index in [2.05, 4.69) is 0 Å². The van der Waals surface area contributed by atoms with Crippen LogP contribution in [0.15, 0.2) is 24.3 Å². The molecule has 0 radical (unpaired) electrons. The zero-order chi connectivity index (χ0) is 13.0. The molecule has 4 nitrogen and oxygen atoms in total. The molecule has 1 heterocycles. The topological polar surface area (TPSA) is 66.6 Å². The van der Waals surface area contributed by atoms with E-state index in [0.29, 0.717) is 13.0 Å². The van der Waals surface area contributed by atoms with E-state index in [9.17, 15) is 9.90 Å². The molecule has 3 N–H and O–H groups in total. The molecule has 1 fully saturated rings. The fraction of sp³-hybridized carbons (Fsp3) is 0.500. The van der Waals surface area contributed by atoms with Gasteiger partial charge in [-0.05, 0) is 24.0 Å². The van der Waals surface area contributed by atoms with Crippen molar-refractivity contribution in [2.75, 3.05) is 13.2 Å². The molecule has 1 aliphatic rings. The highest BCUT2D eigenvalue weighted by molar-refractivity contribution is 5.79. The van der Waals surface area contributed by atoms with Gasteiger partial charge in [0.05, 0.1) is 19.1 Å². The lowest BCUT2D eigenvalue weighted by molar-refractivity contribution is -0.131. The third kappa shape index (κ3) is 2.89. The van der Waals surface area contributed by atoms with E-state index in [-0.39, 0.29) is 18.6 Å². The first-order chi connectivity index (χ1) is 8.74. The molecule has 0 saturated carbocycles. The molecule has 1 aromatic rings. The fourth-order valence-corrected chi connectivity index (χ4v) is 2.42. The van der Waals surface area contributed by atoms with Crippen LogP contribution in [-0.2, 0) is 17.8 Å². The summed E-state index contributed by atoms with van der Waals surface area (Å²) in [5.41, 5.74) is 7.60. The minimum Gasteiger partial charge on any atom is -0.394 e. The van der Waals surface area contributed by atoms with Gasteiger partial charge in [0.25, 0.3) is 0 Å². The van der Waals surface area contributed by atoms with Gasteiger partial charge < -0.3 is 15.7 Å². The quantitative estimate of drug-likeness (QED) is 0.823. The van der Waals surface area contributed by atoms with Crippen LogP contribution >= 0.6 is 0 Å². The highest BCUT2D eigenvalue weighted by Gasteiger charge is 2.27. The molecule has 1 aliphatic heterocycles. The van der Waals surface area contributed by atoms with Crippen LogP contribution in [-0.4, -0.2) is 35.1 Å². The third-order valence-electron chi connectivity index (χ3n) is 3.52. The minimum absolute atomic E-state index is 0.0146. The Balaban J connectivity index is 1.97. The summed E-state index contributed by atoms with van der Waals surface area (Å²) in [5.74, 6) is 0.104. The van der Waals surface area contributed by atoms with E-state index in [0.717, 1.165) is 30.5 Å². The van der Waals surface area contributed by atoms with Gasteiger partial charge in [0, 0.05) is 13.1 Å². The summed E-state index contributed by atoms with van der Waals surface area (Å²) in [5, 5.41) is 9.21. The number of aliphatic hydroxyl groups is 1. The average Bonchev–Trinajstić information content (AvgIpc) is 2.88. The summed E-state index contributed by atoms with van der Waals surface area (Å²) >= 11 is 0. The van der Waals surface area contributed by atoms with Gasteiger partial charge in [-0.1, -0.05) is 24.3 Å². The van der Waals surface area contributed by atoms with Crippen LogP contribution in [0.5, 0.6) is 0 Å². The maximum atomic E-state index is 12.1. The molecule has 4 heteroatoms. The molecule has 0 unspecified atom stereocenters. The van der Waals surface area contributed by atoms with Crippen molar-refractivity contribution in [3.8, 4) is 0 Å². The van der Waals surface area contributed by atoms with Crippen LogP contribution in [0, 0.1) is 0 Å². The van der Waals surface area contributed by atoms with Crippen molar-refractivity contribution in [2.24, 2.45) is 5.73 Å². The molecule has 18 heavy (non-hydrogen) atoms. The van der Waals surface area contributed by atoms with Gasteiger partial charge in [-0.2, -0.15) is 0 Å². The van der Waals surface area contributed by atoms with Crippen LogP contribution in [0.25, 0.3) is 0 Å². The van der Waals surface area contributed by atoms with Gasteiger partial charge in [-0.15, -0.1) is 0 Å². The standard InChI is InChI=1S/C14H20N2O2/c15-9-12-5-3-11(4-6-12)8-14(18)16-7-1-2-13(16)10-17/h3-6,13,17H,1-2,7-10,15H2/t13-/m0/s1. The summed E-state index contributed by atoms with van der Waals surface area (Å²) in [7, 11) is 0. The number of aliphatic hydroxyl groups excluding tert-OH is 1. The average molecular weight is 248 g/mol. The second-order valence-electron chi connectivity index (χ2n) is 4.76. The normalized spacial score (nSPS) is 19.2. The molecule has 0 spiro atoms. The zero-order valence-electron chi connectivity index (χ0n) is 10.5. The second kappa shape index (κ2) is 5.98. The maximum Gasteiger partial charge on any atom is 0.227 e. The molecular formula is C14H20N2O2. The van der Waals surface area contributed by atoms with Crippen molar-refractivity contribution in [2.45, 2.75) is 31.8 Å². The number of nitrogens with zero attached hydrogens (tertiary/aromatic N) is 1. The number of hydrogen-bond acceptors (Lipinski definition) is 3. The Labute approximate surface area is 107 Å². The smallest absolute Gasteiger partial charge is 0.227 e. The molecule has 0 bridgehead atoms. The molecular weight excluding hydrogens is 228 g/mol. The Hall–Kier alpha value is -1.39. The lowest BCUT2D eigenvalue weighted by Crippen LogP contribution is -2.38.